The van der Waals surface area contributed by atoms with Crippen LogP contribution in [0.1, 0.15) is 35.8 Å². The van der Waals surface area contributed by atoms with Crippen LogP contribution in [0.3, 0.4) is 0 Å². The summed E-state index contributed by atoms with van der Waals surface area (Å²) < 4.78 is 1.72. The van der Waals surface area contributed by atoms with Crippen molar-refractivity contribution < 1.29 is 4.79 Å². The molecule has 1 aromatic rings. The van der Waals surface area contributed by atoms with Crippen LogP contribution in [0.5, 0.6) is 0 Å². The molecule has 1 aliphatic rings. The van der Waals surface area contributed by atoms with Crippen molar-refractivity contribution in [2.45, 2.75) is 38.8 Å². The van der Waals surface area contributed by atoms with E-state index in [1.165, 1.54) is 0 Å². The van der Waals surface area contributed by atoms with Crippen molar-refractivity contribution in [2.24, 2.45) is 7.05 Å². The average molecular weight is 273 g/mol. The highest BCUT2D eigenvalue weighted by molar-refractivity contribution is 5.95. The lowest BCUT2D eigenvalue weighted by molar-refractivity contribution is 0.0919. The maximum Gasteiger partial charge on any atom is 0.255 e. The minimum Gasteiger partial charge on any atom is -0.348 e. The van der Waals surface area contributed by atoms with Crippen LogP contribution in [0.2, 0.25) is 0 Å². The molecule has 0 aromatic carbocycles. The molecule has 6 heteroatoms. The lowest BCUT2D eigenvalue weighted by Crippen LogP contribution is -2.51. The molecular formula is C12H21ClN4O. The number of amides is 1. The van der Waals surface area contributed by atoms with Crippen LogP contribution in [-0.2, 0) is 7.05 Å². The zero-order valence-corrected chi connectivity index (χ0v) is 11.9. The Kier molecular flexibility index (Phi) is 5.16. The highest BCUT2D eigenvalue weighted by Crippen LogP contribution is 2.11. The van der Waals surface area contributed by atoms with Gasteiger partial charge in [0.2, 0.25) is 0 Å². The molecule has 2 N–H and O–H groups in total. The van der Waals surface area contributed by atoms with Crippen molar-refractivity contribution in [2.75, 3.05) is 6.54 Å². The highest BCUT2D eigenvalue weighted by atomic mass is 35.5. The number of hydrogen-bond donors (Lipinski definition) is 2. The van der Waals surface area contributed by atoms with Crippen LogP contribution in [0, 0.1) is 6.92 Å². The van der Waals surface area contributed by atoms with Gasteiger partial charge in [-0.25, -0.2) is 0 Å². The number of aromatic nitrogens is 2. The molecule has 1 saturated heterocycles. The van der Waals surface area contributed by atoms with Gasteiger partial charge >= 0.3 is 0 Å². The molecule has 2 atom stereocenters. The molecule has 2 unspecified atom stereocenters. The minimum atomic E-state index is -0.0175. The van der Waals surface area contributed by atoms with Crippen LogP contribution in [0.15, 0.2) is 6.20 Å². The predicted octanol–water partition coefficient (Wildman–Crippen LogP) is 1.02. The summed E-state index contributed by atoms with van der Waals surface area (Å²) in [6, 6.07) is 0.556. The lowest BCUT2D eigenvalue weighted by atomic mass is 9.99. The first kappa shape index (κ1) is 15.0. The van der Waals surface area contributed by atoms with Gasteiger partial charge in [0.05, 0.1) is 11.8 Å². The number of rotatable bonds is 2. The number of nitrogens with zero attached hydrogens (tertiary/aromatic N) is 2. The molecule has 0 bridgehead atoms. The molecule has 5 nitrogen and oxygen atoms in total. The van der Waals surface area contributed by atoms with Gasteiger partial charge in [-0.15, -0.1) is 12.4 Å². The minimum absolute atomic E-state index is 0. The molecule has 1 aromatic heterocycles. The second-order valence-electron chi connectivity index (χ2n) is 4.73. The van der Waals surface area contributed by atoms with Gasteiger partial charge < -0.3 is 10.6 Å². The third-order valence-corrected chi connectivity index (χ3v) is 3.56. The second kappa shape index (κ2) is 6.20. The van der Waals surface area contributed by atoms with Crippen LogP contribution in [0.4, 0.5) is 0 Å². The van der Waals surface area contributed by atoms with Crippen LogP contribution in [-0.4, -0.2) is 34.3 Å². The van der Waals surface area contributed by atoms with Crippen LogP contribution < -0.4 is 10.6 Å². The third-order valence-electron chi connectivity index (χ3n) is 3.56. The first-order chi connectivity index (χ1) is 8.09. The van der Waals surface area contributed by atoms with Crippen molar-refractivity contribution in [3.8, 4) is 0 Å². The van der Waals surface area contributed by atoms with E-state index in [1.807, 2.05) is 14.0 Å². The molecule has 1 fully saturated rings. The van der Waals surface area contributed by atoms with Gasteiger partial charge in [0.25, 0.3) is 5.91 Å². The van der Waals surface area contributed by atoms with Gasteiger partial charge in [0.15, 0.2) is 0 Å². The van der Waals surface area contributed by atoms with E-state index in [9.17, 15) is 4.79 Å². The fraction of sp³-hybridized carbons (Fsp3) is 0.667. The number of carbonyl (C=O) groups is 1. The molecule has 0 saturated carbocycles. The van der Waals surface area contributed by atoms with E-state index in [1.54, 1.807) is 10.9 Å². The lowest BCUT2D eigenvalue weighted by Gasteiger charge is -2.30. The van der Waals surface area contributed by atoms with Gasteiger partial charge in [-0.1, -0.05) is 0 Å². The molecule has 0 aliphatic carbocycles. The Morgan fingerprint density at radius 3 is 2.89 bits per heavy atom. The Morgan fingerprint density at radius 1 is 1.61 bits per heavy atom. The molecule has 18 heavy (non-hydrogen) atoms. The summed E-state index contributed by atoms with van der Waals surface area (Å²) in [5.41, 5.74) is 1.57. The van der Waals surface area contributed by atoms with E-state index in [0.29, 0.717) is 11.6 Å². The molecule has 1 amide bonds. The van der Waals surface area contributed by atoms with Crippen molar-refractivity contribution in [3.05, 3.63) is 17.5 Å². The molecule has 2 heterocycles. The number of aryl methyl sites for hydroxylation is 1. The van der Waals surface area contributed by atoms with E-state index in [2.05, 4.69) is 22.7 Å². The number of carbonyl (C=O) groups excluding carboxylic acids is 1. The summed E-state index contributed by atoms with van der Waals surface area (Å²) in [7, 11) is 1.84. The maximum atomic E-state index is 12.1. The van der Waals surface area contributed by atoms with Crippen LogP contribution in [0.25, 0.3) is 0 Å². The molecular weight excluding hydrogens is 252 g/mol. The van der Waals surface area contributed by atoms with Crippen molar-refractivity contribution in [1.29, 1.82) is 0 Å². The Labute approximate surface area is 114 Å². The van der Waals surface area contributed by atoms with Crippen molar-refractivity contribution >= 4 is 18.3 Å². The second-order valence-corrected chi connectivity index (χ2v) is 4.73. The third kappa shape index (κ3) is 3.03. The SMILES string of the molecule is Cc1c(C(=O)NC2CCCNC2C)cnn1C.Cl. The Bertz CT molecular complexity index is 418. The van der Waals surface area contributed by atoms with Gasteiger partial charge in [0.1, 0.15) is 0 Å². The first-order valence-electron chi connectivity index (χ1n) is 6.12. The molecule has 1 aliphatic heterocycles. The van der Waals surface area contributed by atoms with E-state index in [-0.39, 0.29) is 24.4 Å². The highest BCUT2D eigenvalue weighted by Gasteiger charge is 2.24. The Morgan fingerprint density at radius 2 is 2.33 bits per heavy atom. The average Bonchev–Trinajstić information content (AvgIpc) is 2.63. The maximum absolute atomic E-state index is 12.1. The fourth-order valence-electron chi connectivity index (χ4n) is 2.21. The van der Waals surface area contributed by atoms with E-state index in [4.69, 9.17) is 0 Å². The van der Waals surface area contributed by atoms with E-state index >= 15 is 0 Å². The van der Waals surface area contributed by atoms with Crippen molar-refractivity contribution in [3.63, 3.8) is 0 Å². The van der Waals surface area contributed by atoms with Crippen LogP contribution >= 0.6 is 12.4 Å². The normalized spacial score (nSPS) is 23.3. The van der Waals surface area contributed by atoms with E-state index < -0.39 is 0 Å². The summed E-state index contributed by atoms with van der Waals surface area (Å²) in [5, 5.41) is 10.5. The molecule has 0 radical (unpaired) electrons. The van der Waals surface area contributed by atoms with Gasteiger partial charge in [-0.05, 0) is 33.2 Å². The smallest absolute Gasteiger partial charge is 0.255 e. The molecule has 2 rings (SSSR count). The van der Waals surface area contributed by atoms with Gasteiger partial charge in [-0.3, -0.25) is 9.48 Å². The monoisotopic (exact) mass is 272 g/mol. The van der Waals surface area contributed by atoms with Crippen molar-refractivity contribution in [1.82, 2.24) is 20.4 Å². The fourth-order valence-corrected chi connectivity index (χ4v) is 2.21. The van der Waals surface area contributed by atoms with E-state index in [0.717, 1.165) is 25.1 Å². The summed E-state index contributed by atoms with van der Waals surface area (Å²) in [6.07, 6.45) is 3.78. The quantitative estimate of drug-likeness (QED) is 0.845. The summed E-state index contributed by atoms with van der Waals surface area (Å²) in [6.45, 7) is 5.06. The Balaban J connectivity index is 0.00000162. The largest absolute Gasteiger partial charge is 0.348 e. The van der Waals surface area contributed by atoms with Gasteiger partial charge in [-0.2, -0.15) is 5.10 Å². The summed E-state index contributed by atoms with van der Waals surface area (Å²) >= 11 is 0. The predicted molar refractivity (Wildman–Crippen MR) is 73.1 cm³/mol. The molecule has 0 spiro atoms. The summed E-state index contributed by atoms with van der Waals surface area (Å²) in [5.74, 6) is -0.0175. The number of hydrogen-bond acceptors (Lipinski definition) is 3. The zero-order chi connectivity index (χ0) is 12.4. The summed E-state index contributed by atoms with van der Waals surface area (Å²) in [4.78, 5) is 12.1. The zero-order valence-electron chi connectivity index (χ0n) is 11.1. The number of piperidine rings is 1. The Hall–Kier alpha value is -1.07. The standard InChI is InChI=1S/C12H20N4O.ClH/c1-8-11(5-4-6-13-8)15-12(17)10-7-14-16(3)9(10)2;/h7-8,11,13H,4-6H2,1-3H3,(H,15,17);1H. The number of halogens is 1. The first-order valence-corrected chi connectivity index (χ1v) is 6.12. The number of nitrogens with one attached hydrogen (secondary N) is 2. The van der Waals surface area contributed by atoms with Gasteiger partial charge in [0, 0.05) is 24.8 Å². The topological polar surface area (TPSA) is 59.0 Å². The molecule has 102 valence electrons.